The van der Waals surface area contributed by atoms with E-state index in [1.807, 2.05) is 37.3 Å². The van der Waals surface area contributed by atoms with E-state index in [-0.39, 0.29) is 0 Å². The topological polar surface area (TPSA) is 34.1 Å². The summed E-state index contributed by atoms with van der Waals surface area (Å²) in [5.74, 6) is 1.65. The molecule has 0 aliphatic carbocycles. The fraction of sp³-hybridized carbons (Fsp3) is 0.154. The van der Waals surface area contributed by atoms with Crippen molar-refractivity contribution in [2.45, 2.75) is 6.92 Å². The first-order valence-electron chi connectivity index (χ1n) is 5.50. The molecular formula is C13H12Br2N2O. The van der Waals surface area contributed by atoms with Crippen LogP contribution in [0.15, 0.2) is 45.5 Å². The molecule has 18 heavy (non-hydrogen) atoms. The molecule has 2 aromatic rings. The second kappa shape index (κ2) is 6.20. The Morgan fingerprint density at radius 3 is 2.56 bits per heavy atom. The number of pyridine rings is 1. The Morgan fingerprint density at radius 1 is 1.22 bits per heavy atom. The Balaban J connectivity index is 2.13. The highest BCUT2D eigenvalue weighted by atomic mass is 79.9. The van der Waals surface area contributed by atoms with E-state index < -0.39 is 0 Å². The lowest BCUT2D eigenvalue weighted by molar-refractivity contribution is 0.340. The van der Waals surface area contributed by atoms with Crippen LogP contribution in [0.1, 0.15) is 6.92 Å². The van der Waals surface area contributed by atoms with Gasteiger partial charge in [-0.2, -0.15) is 0 Å². The summed E-state index contributed by atoms with van der Waals surface area (Å²) in [4.78, 5) is 4.30. The molecular weight excluding hydrogens is 360 g/mol. The lowest BCUT2D eigenvalue weighted by Crippen LogP contribution is -1.95. The minimum Gasteiger partial charge on any atom is -0.494 e. The lowest BCUT2D eigenvalue weighted by atomic mass is 10.3. The van der Waals surface area contributed by atoms with Gasteiger partial charge in [0.25, 0.3) is 0 Å². The number of hydrogen-bond acceptors (Lipinski definition) is 3. The molecule has 94 valence electrons. The Morgan fingerprint density at radius 2 is 1.94 bits per heavy atom. The van der Waals surface area contributed by atoms with Crippen LogP contribution >= 0.6 is 31.9 Å². The molecule has 0 radical (unpaired) electrons. The molecule has 1 aromatic heterocycles. The molecule has 0 amide bonds. The summed E-state index contributed by atoms with van der Waals surface area (Å²) in [6.07, 6.45) is 1.75. The number of nitrogens with zero attached hydrogens (tertiary/aromatic N) is 1. The molecule has 0 fully saturated rings. The Labute approximate surface area is 123 Å². The third-order valence-electron chi connectivity index (χ3n) is 2.24. The summed E-state index contributed by atoms with van der Waals surface area (Å²) >= 11 is 6.84. The molecule has 1 heterocycles. The SMILES string of the molecule is CCOc1ccc(Nc2ncc(Br)cc2Br)cc1. The molecule has 0 unspecified atom stereocenters. The molecule has 1 aromatic carbocycles. The monoisotopic (exact) mass is 370 g/mol. The number of ether oxygens (including phenoxy) is 1. The molecule has 1 N–H and O–H groups in total. The fourth-order valence-corrected chi connectivity index (χ4v) is 2.53. The molecule has 0 bridgehead atoms. The van der Waals surface area contributed by atoms with Gasteiger partial charge in [-0.15, -0.1) is 0 Å². The van der Waals surface area contributed by atoms with Gasteiger partial charge in [0.2, 0.25) is 0 Å². The molecule has 0 saturated heterocycles. The van der Waals surface area contributed by atoms with Crippen molar-refractivity contribution in [3.63, 3.8) is 0 Å². The first kappa shape index (κ1) is 13.4. The summed E-state index contributed by atoms with van der Waals surface area (Å²) in [7, 11) is 0. The molecule has 5 heteroatoms. The molecule has 0 atom stereocenters. The third-order valence-corrected chi connectivity index (χ3v) is 3.27. The van der Waals surface area contributed by atoms with E-state index in [2.05, 4.69) is 42.2 Å². The van der Waals surface area contributed by atoms with Crippen LogP contribution in [0.4, 0.5) is 11.5 Å². The van der Waals surface area contributed by atoms with Crippen molar-refractivity contribution < 1.29 is 4.74 Å². The van der Waals surface area contributed by atoms with Gasteiger partial charge in [0.1, 0.15) is 11.6 Å². The fourth-order valence-electron chi connectivity index (χ4n) is 1.44. The average Bonchev–Trinajstić information content (AvgIpc) is 2.35. The zero-order chi connectivity index (χ0) is 13.0. The number of nitrogens with one attached hydrogen (secondary N) is 1. The summed E-state index contributed by atoms with van der Waals surface area (Å²) in [6.45, 7) is 2.64. The third kappa shape index (κ3) is 3.46. The maximum absolute atomic E-state index is 5.39. The predicted molar refractivity (Wildman–Crippen MR) is 80.5 cm³/mol. The smallest absolute Gasteiger partial charge is 0.144 e. The van der Waals surface area contributed by atoms with Crippen LogP contribution in [0.25, 0.3) is 0 Å². The average molecular weight is 372 g/mol. The van der Waals surface area contributed by atoms with Crippen molar-refractivity contribution in [1.82, 2.24) is 4.98 Å². The minimum absolute atomic E-state index is 0.673. The number of hydrogen-bond donors (Lipinski definition) is 1. The highest BCUT2D eigenvalue weighted by molar-refractivity contribution is 9.11. The van der Waals surface area contributed by atoms with Crippen LogP contribution in [0.3, 0.4) is 0 Å². The van der Waals surface area contributed by atoms with Gasteiger partial charge in [-0.3, -0.25) is 0 Å². The Bertz CT molecular complexity index is 529. The highest BCUT2D eigenvalue weighted by Crippen LogP contribution is 2.27. The van der Waals surface area contributed by atoms with Crippen LogP contribution in [-0.2, 0) is 0 Å². The number of anilines is 2. The van der Waals surface area contributed by atoms with E-state index in [0.717, 1.165) is 26.2 Å². The zero-order valence-electron chi connectivity index (χ0n) is 9.78. The van der Waals surface area contributed by atoms with Crippen LogP contribution in [0, 0.1) is 0 Å². The van der Waals surface area contributed by atoms with Crippen LogP contribution in [0.5, 0.6) is 5.75 Å². The van der Waals surface area contributed by atoms with Gasteiger partial charge in [-0.25, -0.2) is 4.98 Å². The molecule has 3 nitrogen and oxygen atoms in total. The maximum atomic E-state index is 5.39. The largest absolute Gasteiger partial charge is 0.494 e. The van der Waals surface area contributed by atoms with Crippen molar-refractivity contribution in [3.05, 3.63) is 45.5 Å². The van der Waals surface area contributed by atoms with E-state index in [9.17, 15) is 0 Å². The standard InChI is InChI=1S/C13H12Br2N2O/c1-2-18-11-5-3-10(4-6-11)17-13-12(15)7-9(14)8-16-13/h3-8H,2H2,1H3,(H,16,17). The maximum Gasteiger partial charge on any atom is 0.144 e. The van der Waals surface area contributed by atoms with Crippen LogP contribution in [0.2, 0.25) is 0 Å². The molecule has 2 rings (SSSR count). The van der Waals surface area contributed by atoms with Gasteiger partial charge in [0, 0.05) is 16.4 Å². The first-order chi connectivity index (χ1) is 8.69. The number of rotatable bonds is 4. The normalized spacial score (nSPS) is 10.2. The summed E-state index contributed by atoms with van der Waals surface area (Å²) in [5.41, 5.74) is 0.967. The van der Waals surface area contributed by atoms with Crippen molar-refractivity contribution in [3.8, 4) is 5.75 Å². The highest BCUT2D eigenvalue weighted by Gasteiger charge is 2.03. The lowest BCUT2D eigenvalue weighted by Gasteiger charge is -2.09. The number of aromatic nitrogens is 1. The van der Waals surface area contributed by atoms with Gasteiger partial charge < -0.3 is 10.1 Å². The molecule has 0 aliphatic heterocycles. The minimum atomic E-state index is 0.673. The summed E-state index contributed by atoms with van der Waals surface area (Å²) in [6, 6.07) is 9.73. The first-order valence-corrected chi connectivity index (χ1v) is 7.08. The molecule has 0 spiro atoms. The van der Waals surface area contributed by atoms with Gasteiger partial charge in [0.05, 0.1) is 11.1 Å². The Hall–Kier alpha value is -1.07. The van der Waals surface area contributed by atoms with Crippen LogP contribution in [-0.4, -0.2) is 11.6 Å². The van der Waals surface area contributed by atoms with Crippen molar-refractivity contribution in [2.75, 3.05) is 11.9 Å². The van der Waals surface area contributed by atoms with Gasteiger partial charge in [-0.05, 0) is 69.1 Å². The van der Waals surface area contributed by atoms with E-state index in [1.54, 1.807) is 6.20 Å². The second-order valence-electron chi connectivity index (χ2n) is 3.57. The quantitative estimate of drug-likeness (QED) is 0.842. The van der Waals surface area contributed by atoms with E-state index in [4.69, 9.17) is 4.74 Å². The summed E-state index contributed by atoms with van der Waals surface area (Å²) in [5, 5.41) is 3.23. The summed E-state index contributed by atoms with van der Waals surface area (Å²) < 4.78 is 7.24. The van der Waals surface area contributed by atoms with Crippen molar-refractivity contribution in [2.24, 2.45) is 0 Å². The van der Waals surface area contributed by atoms with Gasteiger partial charge in [-0.1, -0.05) is 0 Å². The number of benzene rings is 1. The van der Waals surface area contributed by atoms with Crippen molar-refractivity contribution in [1.29, 1.82) is 0 Å². The van der Waals surface area contributed by atoms with E-state index >= 15 is 0 Å². The number of halogens is 2. The van der Waals surface area contributed by atoms with Crippen LogP contribution < -0.4 is 10.1 Å². The molecule has 0 saturated carbocycles. The van der Waals surface area contributed by atoms with E-state index in [0.29, 0.717) is 6.61 Å². The Kier molecular flexibility index (Phi) is 4.60. The van der Waals surface area contributed by atoms with Crippen molar-refractivity contribution >= 4 is 43.4 Å². The van der Waals surface area contributed by atoms with E-state index in [1.165, 1.54) is 0 Å². The zero-order valence-corrected chi connectivity index (χ0v) is 13.0. The predicted octanol–water partition coefficient (Wildman–Crippen LogP) is 4.75. The molecule has 0 aliphatic rings. The second-order valence-corrected chi connectivity index (χ2v) is 5.34. The van der Waals surface area contributed by atoms with Gasteiger partial charge in [0.15, 0.2) is 0 Å². The van der Waals surface area contributed by atoms with Gasteiger partial charge >= 0.3 is 0 Å².